The van der Waals surface area contributed by atoms with Gasteiger partial charge in [0.05, 0.1) is 24.2 Å². The van der Waals surface area contributed by atoms with Crippen molar-refractivity contribution in [1.29, 1.82) is 0 Å². The van der Waals surface area contributed by atoms with Crippen molar-refractivity contribution in [3.05, 3.63) is 11.9 Å². The monoisotopic (exact) mass is 316 g/mol. The van der Waals surface area contributed by atoms with Gasteiger partial charge in [0.25, 0.3) is 0 Å². The Morgan fingerprint density at radius 1 is 1.18 bits per heavy atom. The smallest absolute Gasteiger partial charge is 0.306 e. The number of aliphatic carboxylic acids is 2. The van der Waals surface area contributed by atoms with Gasteiger partial charge in [-0.1, -0.05) is 0 Å². The Hall–Kier alpha value is -1.83. The second kappa shape index (κ2) is 6.51. The van der Waals surface area contributed by atoms with Crippen LogP contribution in [0.15, 0.2) is 16.9 Å². The lowest BCUT2D eigenvalue weighted by atomic mass is 10.0. The molecule has 0 radical (unpaired) electrons. The van der Waals surface area contributed by atoms with Crippen LogP contribution < -0.4 is 5.73 Å². The third-order valence-electron chi connectivity index (χ3n) is 4.45. The van der Waals surface area contributed by atoms with Gasteiger partial charge in [0.15, 0.2) is 5.97 Å². The van der Waals surface area contributed by atoms with Gasteiger partial charge >= 0.3 is 11.9 Å². The normalized spacial score (nSPS) is 37.7. The first-order chi connectivity index (χ1) is 10.3. The lowest BCUT2D eigenvalue weighted by molar-refractivity contribution is -0.142. The maximum absolute atomic E-state index is 14.3. The van der Waals surface area contributed by atoms with Crippen LogP contribution in [0.2, 0.25) is 0 Å². The van der Waals surface area contributed by atoms with Crippen LogP contribution in [0.25, 0.3) is 0 Å². The van der Waals surface area contributed by atoms with Crippen LogP contribution in [0, 0.1) is 17.8 Å². The van der Waals surface area contributed by atoms with Crippen LogP contribution in [0.1, 0.15) is 25.7 Å². The molecule has 0 amide bonds. The molecule has 122 valence electrons. The molecule has 6 nitrogen and oxygen atoms in total. The molecular weight excluding hydrogens is 298 g/mol. The van der Waals surface area contributed by atoms with E-state index in [0.29, 0.717) is 0 Å². The van der Waals surface area contributed by atoms with Gasteiger partial charge in [-0.3, -0.25) is 14.6 Å². The molecule has 2 aliphatic rings. The summed E-state index contributed by atoms with van der Waals surface area (Å²) in [5.41, 5.74) is 5.90. The van der Waals surface area contributed by atoms with Crippen LogP contribution in [-0.2, 0) is 9.59 Å². The van der Waals surface area contributed by atoms with Gasteiger partial charge < -0.3 is 15.9 Å². The second-order valence-corrected chi connectivity index (χ2v) is 5.90. The van der Waals surface area contributed by atoms with Crippen molar-refractivity contribution in [2.45, 2.75) is 37.8 Å². The number of nitrogens with two attached hydrogens (primary N) is 1. The SMILES string of the molecule is NC1CC(C(=O)O)CC1C(F)=NC1CC(C(=O)O)CC1=CF. The third kappa shape index (κ3) is 3.32. The van der Waals surface area contributed by atoms with Crippen LogP contribution in [-0.4, -0.2) is 40.2 Å². The van der Waals surface area contributed by atoms with E-state index >= 15 is 0 Å². The van der Waals surface area contributed by atoms with Crippen molar-refractivity contribution in [3.63, 3.8) is 0 Å². The predicted octanol–water partition coefficient (Wildman–Crippen LogP) is 1.51. The standard InChI is InChI=1S/C14H18F2N2O4/c15-5-8-1-6(13(19)20)4-11(8)18-12(16)9-2-7(14(21)22)3-10(9)17/h5-7,9-11H,1-4,17H2,(H,19,20)(H,21,22). The average molecular weight is 316 g/mol. The Morgan fingerprint density at radius 2 is 1.82 bits per heavy atom. The molecular formula is C14H18F2N2O4. The first kappa shape index (κ1) is 16.5. The van der Waals surface area contributed by atoms with E-state index in [1.165, 1.54) is 0 Å². The highest BCUT2D eigenvalue weighted by atomic mass is 19.1. The Labute approximate surface area is 125 Å². The van der Waals surface area contributed by atoms with Crippen LogP contribution in [0.3, 0.4) is 0 Å². The summed E-state index contributed by atoms with van der Waals surface area (Å²) < 4.78 is 27.1. The first-order valence-electron chi connectivity index (χ1n) is 7.07. The van der Waals surface area contributed by atoms with E-state index in [4.69, 9.17) is 15.9 Å². The van der Waals surface area contributed by atoms with Gasteiger partial charge in [-0.15, -0.1) is 0 Å². The molecule has 4 N–H and O–H groups in total. The molecule has 2 fully saturated rings. The Morgan fingerprint density at radius 3 is 2.32 bits per heavy atom. The summed E-state index contributed by atoms with van der Waals surface area (Å²) >= 11 is 0. The van der Waals surface area contributed by atoms with Crippen LogP contribution in [0.5, 0.6) is 0 Å². The Bertz CT molecular complexity index is 535. The summed E-state index contributed by atoms with van der Waals surface area (Å²) in [6.07, 6.45) is 0.524. The molecule has 0 heterocycles. The summed E-state index contributed by atoms with van der Waals surface area (Å²) in [5, 5.41) is 17.9. The molecule has 8 heteroatoms. The van der Waals surface area contributed by atoms with Gasteiger partial charge in [0.2, 0.25) is 0 Å². The molecule has 0 aromatic rings. The van der Waals surface area contributed by atoms with Crippen molar-refractivity contribution in [1.82, 2.24) is 0 Å². The maximum atomic E-state index is 14.3. The van der Waals surface area contributed by atoms with E-state index in [-0.39, 0.29) is 37.6 Å². The molecule has 2 rings (SSSR count). The molecule has 5 unspecified atom stereocenters. The summed E-state index contributed by atoms with van der Waals surface area (Å²) in [6, 6.07) is -1.51. The molecule has 0 saturated heterocycles. The molecule has 0 spiro atoms. The topological polar surface area (TPSA) is 113 Å². The highest BCUT2D eigenvalue weighted by molar-refractivity contribution is 5.81. The van der Waals surface area contributed by atoms with Crippen molar-refractivity contribution in [3.8, 4) is 0 Å². The number of halogens is 2. The predicted molar refractivity (Wildman–Crippen MR) is 73.7 cm³/mol. The van der Waals surface area contributed by atoms with Crippen molar-refractivity contribution in [2.75, 3.05) is 0 Å². The quantitative estimate of drug-likeness (QED) is 0.680. The minimum absolute atomic E-state index is 0.00174. The van der Waals surface area contributed by atoms with Crippen molar-refractivity contribution in [2.24, 2.45) is 28.5 Å². The van der Waals surface area contributed by atoms with Gasteiger partial charge in [0.1, 0.15) is 0 Å². The number of carbonyl (C=O) groups is 2. The number of hydrogen-bond donors (Lipinski definition) is 3. The molecule has 5 atom stereocenters. The average Bonchev–Trinajstić information content (AvgIpc) is 3.02. The van der Waals surface area contributed by atoms with E-state index in [0.717, 1.165) is 0 Å². The molecule has 22 heavy (non-hydrogen) atoms. The zero-order chi connectivity index (χ0) is 16.4. The number of rotatable bonds is 4. The largest absolute Gasteiger partial charge is 0.481 e. The van der Waals surface area contributed by atoms with Gasteiger partial charge in [-0.05, 0) is 31.3 Å². The number of aliphatic imine (C=N–C) groups is 1. The van der Waals surface area contributed by atoms with Crippen molar-refractivity contribution >= 4 is 17.9 Å². The summed E-state index contributed by atoms with van der Waals surface area (Å²) in [6.45, 7) is 0. The minimum Gasteiger partial charge on any atom is -0.481 e. The molecule has 0 aromatic carbocycles. The van der Waals surface area contributed by atoms with E-state index < -0.39 is 47.7 Å². The first-order valence-corrected chi connectivity index (χ1v) is 7.07. The summed E-state index contributed by atoms with van der Waals surface area (Å²) in [7, 11) is 0. The second-order valence-electron chi connectivity index (χ2n) is 5.90. The maximum Gasteiger partial charge on any atom is 0.306 e. The number of carboxylic acids is 2. The number of carboxylic acid groups (broad SMARTS) is 2. The fourth-order valence-electron chi connectivity index (χ4n) is 3.16. The molecule has 0 bridgehead atoms. The summed E-state index contributed by atoms with van der Waals surface area (Å²) in [4.78, 5) is 25.7. The van der Waals surface area contributed by atoms with Gasteiger partial charge in [-0.25, -0.2) is 4.39 Å². The van der Waals surface area contributed by atoms with Crippen LogP contribution >= 0.6 is 0 Å². The molecule has 0 aliphatic heterocycles. The van der Waals surface area contributed by atoms with Gasteiger partial charge in [-0.2, -0.15) is 4.39 Å². The van der Waals surface area contributed by atoms with Crippen LogP contribution in [0.4, 0.5) is 8.78 Å². The molecule has 2 aliphatic carbocycles. The Balaban J connectivity index is 2.11. The fourth-order valence-corrected chi connectivity index (χ4v) is 3.16. The third-order valence-corrected chi connectivity index (χ3v) is 4.45. The molecule has 0 aromatic heterocycles. The highest BCUT2D eigenvalue weighted by Gasteiger charge is 2.40. The van der Waals surface area contributed by atoms with Gasteiger partial charge in [0, 0.05) is 12.0 Å². The lowest BCUT2D eigenvalue weighted by Gasteiger charge is -2.14. The van der Waals surface area contributed by atoms with E-state index in [9.17, 15) is 18.4 Å². The Kier molecular flexibility index (Phi) is 4.90. The number of nitrogens with zero attached hydrogens (tertiary/aromatic N) is 1. The van der Waals surface area contributed by atoms with Crippen molar-refractivity contribution < 1.29 is 28.6 Å². The molecule has 2 saturated carbocycles. The fraction of sp³-hybridized carbons (Fsp3) is 0.643. The zero-order valence-corrected chi connectivity index (χ0v) is 11.8. The van der Waals surface area contributed by atoms with E-state index in [1.54, 1.807) is 0 Å². The minimum atomic E-state index is -1.07. The van der Waals surface area contributed by atoms with E-state index in [2.05, 4.69) is 4.99 Å². The number of hydrogen-bond acceptors (Lipinski definition) is 4. The van der Waals surface area contributed by atoms with E-state index in [1.807, 2.05) is 0 Å². The summed E-state index contributed by atoms with van der Waals surface area (Å²) in [5.74, 6) is -5.22. The zero-order valence-electron chi connectivity index (χ0n) is 11.8. The highest BCUT2D eigenvalue weighted by Crippen LogP contribution is 2.36. The lowest BCUT2D eigenvalue weighted by Crippen LogP contribution is -2.29.